The third-order valence-electron chi connectivity index (χ3n) is 6.54. The molecule has 5 heteroatoms. The Kier molecular flexibility index (Phi) is 6.32. The van der Waals surface area contributed by atoms with Crippen LogP contribution in [0.4, 0.5) is 0 Å². The number of hydrogen-bond donors (Lipinski definition) is 0. The van der Waals surface area contributed by atoms with Crippen LogP contribution in [-0.2, 0) is 0 Å². The monoisotopic (exact) mass is 510 g/mol. The molecule has 3 aromatic rings. The van der Waals surface area contributed by atoms with Crippen LogP contribution in [0.2, 0.25) is 8.87 Å². The topological polar surface area (TPSA) is 44.0 Å². The number of aldehydes is 2. The molecule has 0 spiro atoms. The molecule has 30 heavy (non-hydrogen) atoms. The van der Waals surface area contributed by atoms with Gasteiger partial charge in [-0.25, -0.2) is 0 Å². The SMILES string of the molecule is CCC[CH2][Sn]1([CH2]CCC)[n]2c(C=O)ccc2C(c2ccccc2)c2ccc(C=O)[n]21. The summed E-state index contributed by atoms with van der Waals surface area (Å²) in [6.45, 7) is 4.45. The van der Waals surface area contributed by atoms with E-state index in [0.717, 1.165) is 58.5 Å². The fourth-order valence-electron chi connectivity index (χ4n) is 5.26. The summed E-state index contributed by atoms with van der Waals surface area (Å²) in [5, 5.41) is 0. The molecule has 2 aromatic heterocycles. The molecule has 4 nitrogen and oxygen atoms in total. The Labute approximate surface area is 183 Å². The second-order valence-corrected chi connectivity index (χ2v) is 19.3. The van der Waals surface area contributed by atoms with Gasteiger partial charge in [0.25, 0.3) is 0 Å². The number of hydrogen-bond acceptors (Lipinski definition) is 2. The number of aromatic nitrogens is 2. The van der Waals surface area contributed by atoms with Gasteiger partial charge in [-0.05, 0) is 0 Å². The zero-order valence-electron chi connectivity index (χ0n) is 17.9. The zero-order chi connectivity index (χ0) is 21.1. The zero-order valence-corrected chi connectivity index (χ0v) is 20.7. The predicted molar refractivity (Wildman–Crippen MR) is 123 cm³/mol. The molecule has 0 N–H and O–H groups in total. The molecule has 0 radical (unpaired) electrons. The van der Waals surface area contributed by atoms with E-state index in [1.165, 1.54) is 17.0 Å². The molecule has 3 heterocycles. The predicted octanol–water partition coefficient (Wildman–Crippen LogP) is 5.85. The Balaban J connectivity index is 2.05. The van der Waals surface area contributed by atoms with Crippen molar-refractivity contribution in [2.45, 2.75) is 54.3 Å². The van der Waals surface area contributed by atoms with E-state index in [2.05, 4.69) is 55.8 Å². The number of fused-ring (bicyclic) bond motifs is 2. The van der Waals surface area contributed by atoms with Gasteiger partial charge in [0.1, 0.15) is 0 Å². The fraction of sp³-hybridized carbons (Fsp3) is 0.360. The van der Waals surface area contributed by atoms with Crippen molar-refractivity contribution >= 4 is 31.5 Å². The van der Waals surface area contributed by atoms with E-state index < -0.39 is 18.9 Å². The van der Waals surface area contributed by atoms with Crippen molar-refractivity contribution in [1.82, 2.24) is 5.58 Å². The molecule has 1 aromatic carbocycles. The summed E-state index contributed by atoms with van der Waals surface area (Å²) in [5.41, 5.74) is 5.23. The third-order valence-corrected chi connectivity index (χ3v) is 20.8. The van der Waals surface area contributed by atoms with E-state index in [9.17, 15) is 9.59 Å². The number of carbonyl (C=O) groups is 2. The van der Waals surface area contributed by atoms with Crippen LogP contribution >= 0.6 is 0 Å². The molecule has 0 atom stereocenters. The summed E-state index contributed by atoms with van der Waals surface area (Å²) in [7, 11) is 0. The molecule has 0 saturated heterocycles. The third kappa shape index (κ3) is 3.29. The molecule has 0 fully saturated rings. The van der Waals surface area contributed by atoms with Gasteiger partial charge < -0.3 is 0 Å². The number of benzene rings is 1. The maximum atomic E-state index is 12.2. The van der Waals surface area contributed by atoms with Gasteiger partial charge in [-0.15, -0.1) is 0 Å². The average molecular weight is 509 g/mol. The Hall–Kier alpha value is -2.08. The van der Waals surface area contributed by atoms with Crippen molar-refractivity contribution in [3.63, 3.8) is 0 Å². The first-order valence-electron chi connectivity index (χ1n) is 11.1. The van der Waals surface area contributed by atoms with Crippen molar-refractivity contribution in [1.29, 1.82) is 0 Å². The molecular weight excluding hydrogens is 479 g/mol. The number of carbonyl (C=O) groups excluding carboxylic acids is 2. The summed E-state index contributed by atoms with van der Waals surface area (Å²) in [6.07, 6.45) is 6.53. The fourth-order valence-corrected chi connectivity index (χ4v) is 21.7. The molecule has 0 saturated carbocycles. The van der Waals surface area contributed by atoms with Crippen LogP contribution in [0.3, 0.4) is 0 Å². The van der Waals surface area contributed by atoms with Crippen LogP contribution in [0.5, 0.6) is 0 Å². The van der Waals surface area contributed by atoms with Gasteiger partial charge in [0.2, 0.25) is 0 Å². The summed E-state index contributed by atoms with van der Waals surface area (Å²) >= 11 is -3.40. The van der Waals surface area contributed by atoms with Crippen molar-refractivity contribution in [2.75, 3.05) is 0 Å². The first-order valence-corrected chi connectivity index (χ1v) is 17.7. The van der Waals surface area contributed by atoms with Gasteiger partial charge in [-0.2, -0.15) is 0 Å². The van der Waals surface area contributed by atoms with Gasteiger partial charge in [0.15, 0.2) is 0 Å². The summed E-state index contributed by atoms with van der Waals surface area (Å²) < 4.78 is 7.14. The van der Waals surface area contributed by atoms with E-state index in [4.69, 9.17) is 0 Å². The summed E-state index contributed by atoms with van der Waals surface area (Å²) in [4.78, 5) is 24.3. The molecule has 4 rings (SSSR count). The van der Waals surface area contributed by atoms with Gasteiger partial charge in [0, 0.05) is 0 Å². The van der Waals surface area contributed by atoms with Crippen LogP contribution in [0.15, 0.2) is 54.6 Å². The molecule has 1 aliphatic rings. The Bertz CT molecular complexity index is 971. The van der Waals surface area contributed by atoms with Gasteiger partial charge in [-0.1, -0.05) is 0 Å². The van der Waals surface area contributed by atoms with E-state index in [1.54, 1.807) is 0 Å². The molecule has 156 valence electrons. The van der Waals surface area contributed by atoms with E-state index in [-0.39, 0.29) is 5.92 Å². The molecule has 0 amide bonds. The molecular formula is C25H30N2O2Sn. The van der Waals surface area contributed by atoms with E-state index >= 15 is 0 Å². The van der Waals surface area contributed by atoms with Crippen molar-refractivity contribution in [3.8, 4) is 0 Å². The van der Waals surface area contributed by atoms with Crippen molar-refractivity contribution in [3.05, 3.63) is 82.9 Å². The van der Waals surface area contributed by atoms with E-state index in [1.807, 2.05) is 18.2 Å². The maximum absolute atomic E-state index is 12.2. The Morgan fingerprint density at radius 3 is 1.70 bits per heavy atom. The Morgan fingerprint density at radius 1 is 0.767 bits per heavy atom. The minimum atomic E-state index is -3.40. The average Bonchev–Trinajstić information content (AvgIpc) is 3.41. The van der Waals surface area contributed by atoms with Crippen LogP contribution in [0.1, 0.15) is 83.4 Å². The van der Waals surface area contributed by atoms with Crippen LogP contribution in [0.25, 0.3) is 0 Å². The quantitative estimate of drug-likeness (QED) is 0.269. The van der Waals surface area contributed by atoms with E-state index in [0.29, 0.717) is 0 Å². The van der Waals surface area contributed by atoms with Crippen LogP contribution in [-0.4, -0.2) is 37.1 Å². The van der Waals surface area contributed by atoms with Gasteiger partial charge in [0.05, 0.1) is 0 Å². The summed E-state index contributed by atoms with van der Waals surface area (Å²) in [5.74, 6) is 0.0432. The first kappa shape index (κ1) is 21.2. The number of nitrogens with zero attached hydrogens (tertiary/aromatic N) is 2. The Morgan fingerprint density at radius 2 is 1.27 bits per heavy atom. The van der Waals surface area contributed by atoms with Crippen molar-refractivity contribution < 1.29 is 9.59 Å². The first-order chi connectivity index (χ1) is 14.7. The minimum absolute atomic E-state index is 0.0432. The second-order valence-electron chi connectivity index (χ2n) is 8.31. The second kappa shape index (κ2) is 8.96. The molecule has 0 bridgehead atoms. The van der Waals surface area contributed by atoms with Gasteiger partial charge in [-0.3, -0.25) is 0 Å². The van der Waals surface area contributed by atoms with Gasteiger partial charge >= 0.3 is 184 Å². The normalized spacial score (nSPS) is 14.9. The number of unbranched alkanes of at least 4 members (excludes halogenated alkanes) is 2. The molecule has 1 aliphatic heterocycles. The van der Waals surface area contributed by atoms with Crippen molar-refractivity contribution in [2.24, 2.45) is 0 Å². The standard InChI is InChI=1S/C17H14N2O2.2C4H9.Sn/c20-10-13-6-8-15(18-13)17(12-4-2-1-3-5-12)16-9-7-14(11-21)19-16;2*1-3-4-2;/h1-11,17H,(H2,18,19,20,21);2*1,3-4H2,2H3;/q;;;+2/p-2. The number of rotatable bonds is 9. The summed E-state index contributed by atoms with van der Waals surface area (Å²) in [6, 6.07) is 18.8. The molecule has 0 aliphatic carbocycles. The van der Waals surface area contributed by atoms with Crippen LogP contribution < -0.4 is 0 Å². The van der Waals surface area contributed by atoms with Crippen LogP contribution in [0, 0.1) is 0 Å². The molecule has 0 unspecified atom stereocenters.